The molecule has 0 aromatic carbocycles. The molecular weight excluding hydrogens is 178 g/mol. The van der Waals surface area contributed by atoms with Crippen LogP contribution in [-0.4, -0.2) is 34.1 Å². The summed E-state index contributed by atoms with van der Waals surface area (Å²) in [6, 6.07) is 3.82. The van der Waals surface area contributed by atoms with Crippen LogP contribution in [0.15, 0.2) is 18.3 Å². The average molecular weight is 191 g/mol. The van der Waals surface area contributed by atoms with Crippen molar-refractivity contribution in [3.63, 3.8) is 0 Å². The van der Waals surface area contributed by atoms with Crippen molar-refractivity contribution in [3.8, 4) is 0 Å². The van der Waals surface area contributed by atoms with E-state index in [0.29, 0.717) is 0 Å². The third-order valence-electron chi connectivity index (χ3n) is 3.21. The SMILES string of the molecule is CC12Cn3cccc3C(=O)N1CCN2. The normalized spacial score (nSPS) is 30.4. The van der Waals surface area contributed by atoms with Crippen LogP contribution in [0.1, 0.15) is 17.4 Å². The number of nitrogens with one attached hydrogen (secondary N) is 1. The van der Waals surface area contributed by atoms with E-state index in [9.17, 15) is 4.79 Å². The van der Waals surface area contributed by atoms with E-state index in [0.717, 1.165) is 25.3 Å². The highest BCUT2D eigenvalue weighted by Crippen LogP contribution is 2.27. The third kappa shape index (κ3) is 0.838. The van der Waals surface area contributed by atoms with Gasteiger partial charge in [0.15, 0.2) is 0 Å². The molecule has 0 bridgehead atoms. The van der Waals surface area contributed by atoms with Crippen LogP contribution in [0, 0.1) is 0 Å². The minimum Gasteiger partial charge on any atom is -0.340 e. The quantitative estimate of drug-likeness (QED) is 0.639. The van der Waals surface area contributed by atoms with Gasteiger partial charge in [-0.25, -0.2) is 0 Å². The largest absolute Gasteiger partial charge is 0.340 e. The Balaban J connectivity index is 2.12. The number of nitrogens with zero attached hydrogens (tertiary/aromatic N) is 2. The van der Waals surface area contributed by atoms with Gasteiger partial charge in [0.2, 0.25) is 0 Å². The lowest BCUT2D eigenvalue weighted by Gasteiger charge is -2.39. The van der Waals surface area contributed by atoms with Gasteiger partial charge in [0.25, 0.3) is 5.91 Å². The summed E-state index contributed by atoms with van der Waals surface area (Å²) in [5.41, 5.74) is 0.634. The average Bonchev–Trinajstić information content (AvgIpc) is 2.70. The summed E-state index contributed by atoms with van der Waals surface area (Å²) in [5.74, 6) is 0.147. The Morgan fingerprint density at radius 2 is 2.43 bits per heavy atom. The maximum Gasteiger partial charge on any atom is 0.272 e. The van der Waals surface area contributed by atoms with E-state index < -0.39 is 0 Å². The van der Waals surface area contributed by atoms with Gasteiger partial charge in [-0.2, -0.15) is 0 Å². The number of fused-ring (bicyclic) bond motifs is 2. The van der Waals surface area contributed by atoms with E-state index in [1.165, 1.54) is 0 Å². The molecular formula is C10H13N3O. The maximum atomic E-state index is 12.0. The predicted molar refractivity (Wildman–Crippen MR) is 51.9 cm³/mol. The van der Waals surface area contributed by atoms with E-state index in [-0.39, 0.29) is 11.6 Å². The van der Waals surface area contributed by atoms with E-state index in [2.05, 4.69) is 12.2 Å². The Bertz CT molecular complexity index is 398. The van der Waals surface area contributed by atoms with Gasteiger partial charge in [0.1, 0.15) is 11.4 Å². The minimum atomic E-state index is -0.177. The van der Waals surface area contributed by atoms with Gasteiger partial charge in [-0.3, -0.25) is 10.1 Å². The zero-order valence-corrected chi connectivity index (χ0v) is 8.16. The first-order chi connectivity index (χ1) is 6.71. The standard InChI is InChI=1S/C10H13N3O/c1-10-7-12-5-2-3-8(12)9(14)13(10)6-4-11-10/h2-3,5,11H,4,6-7H2,1H3. The van der Waals surface area contributed by atoms with Crippen molar-refractivity contribution in [3.05, 3.63) is 24.0 Å². The van der Waals surface area contributed by atoms with Gasteiger partial charge in [0.05, 0.1) is 6.54 Å². The Kier molecular flexibility index (Phi) is 1.37. The van der Waals surface area contributed by atoms with Crippen molar-refractivity contribution < 1.29 is 4.79 Å². The molecule has 0 saturated carbocycles. The summed E-state index contributed by atoms with van der Waals surface area (Å²) in [4.78, 5) is 14.0. The van der Waals surface area contributed by atoms with Gasteiger partial charge < -0.3 is 9.47 Å². The third-order valence-corrected chi connectivity index (χ3v) is 3.21. The second-order valence-electron chi connectivity index (χ2n) is 4.18. The Morgan fingerprint density at radius 3 is 3.29 bits per heavy atom. The van der Waals surface area contributed by atoms with E-state index in [4.69, 9.17) is 0 Å². The first-order valence-electron chi connectivity index (χ1n) is 4.93. The first kappa shape index (κ1) is 8.05. The molecule has 0 aliphatic carbocycles. The fraction of sp³-hybridized carbons (Fsp3) is 0.500. The topological polar surface area (TPSA) is 37.3 Å². The van der Waals surface area contributed by atoms with Crippen LogP contribution in [0.2, 0.25) is 0 Å². The fourth-order valence-corrected chi connectivity index (χ4v) is 2.46. The molecule has 1 amide bonds. The first-order valence-corrected chi connectivity index (χ1v) is 4.93. The molecule has 1 N–H and O–H groups in total. The summed E-state index contributed by atoms with van der Waals surface area (Å²) in [7, 11) is 0. The molecule has 0 radical (unpaired) electrons. The Labute approximate surface area is 82.5 Å². The minimum absolute atomic E-state index is 0.147. The van der Waals surface area contributed by atoms with E-state index in [1.807, 2.05) is 27.8 Å². The number of hydrogen-bond acceptors (Lipinski definition) is 2. The molecule has 4 nitrogen and oxygen atoms in total. The van der Waals surface area contributed by atoms with E-state index >= 15 is 0 Å². The molecule has 14 heavy (non-hydrogen) atoms. The van der Waals surface area contributed by atoms with E-state index in [1.54, 1.807) is 0 Å². The predicted octanol–water partition coefficient (Wildman–Crippen LogP) is 0.263. The van der Waals surface area contributed by atoms with Gasteiger partial charge in [-0.05, 0) is 19.1 Å². The summed E-state index contributed by atoms with van der Waals surface area (Å²) in [6.07, 6.45) is 1.97. The second kappa shape index (κ2) is 2.39. The smallest absolute Gasteiger partial charge is 0.272 e. The van der Waals surface area contributed by atoms with Crippen LogP contribution in [0.25, 0.3) is 0 Å². The highest BCUT2D eigenvalue weighted by molar-refractivity contribution is 5.94. The summed E-state index contributed by atoms with van der Waals surface area (Å²) < 4.78 is 2.02. The number of carbonyl (C=O) groups is 1. The Hall–Kier alpha value is -1.29. The lowest BCUT2D eigenvalue weighted by molar-refractivity contribution is 0.0466. The van der Waals surface area contributed by atoms with Gasteiger partial charge in [-0.1, -0.05) is 0 Å². The van der Waals surface area contributed by atoms with Crippen LogP contribution in [0.5, 0.6) is 0 Å². The van der Waals surface area contributed by atoms with Crippen molar-refractivity contribution in [2.45, 2.75) is 19.1 Å². The molecule has 2 aliphatic heterocycles. The van der Waals surface area contributed by atoms with Crippen LogP contribution in [0.3, 0.4) is 0 Å². The number of hydrogen-bond donors (Lipinski definition) is 1. The molecule has 1 fully saturated rings. The molecule has 1 aromatic heterocycles. The molecule has 4 heteroatoms. The molecule has 3 rings (SSSR count). The lowest BCUT2D eigenvalue weighted by Crippen LogP contribution is -2.57. The second-order valence-corrected chi connectivity index (χ2v) is 4.18. The molecule has 1 unspecified atom stereocenters. The molecule has 2 aliphatic rings. The molecule has 74 valence electrons. The lowest BCUT2D eigenvalue weighted by atomic mass is 10.1. The van der Waals surface area contributed by atoms with Gasteiger partial charge >= 0.3 is 0 Å². The zero-order chi connectivity index (χ0) is 9.76. The van der Waals surface area contributed by atoms with Crippen LogP contribution < -0.4 is 5.32 Å². The van der Waals surface area contributed by atoms with Crippen LogP contribution >= 0.6 is 0 Å². The molecule has 0 spiro atoms. The van der Waals surface area contributed by atoms with Crippen LogP contribution in [0.4, 0.5) is 0 Å². The fourth-order valence-electron chi connectivity index (χ4n) is 2.46. The highest BCUT2D eigenvalue weighted by Gasteiger charge is 2.44. The number of rotatable bonds is 0. The van der Waals surface area contributed by atoms with Crippen molar-refractivity contribution in [1.82, 2.24) is 14.8 Å². The zero-order valence-electron chi connectivity index (χ0n) is 8.16. The molecule has 3 heterocycles. The monoisotopic (exact) mass is 191 g/mol. The number of aromatic nitrogens is 1. The van der Waals surface area contributed by atoms with Crippen molar-refractivity contribution in [1.29, 1.82) is 0 Å². The number of amides is 1. The number of carbonyl (C=O) groups excluding carboxylic acids is 1. The highest BCUT2D eigenvalue weighted by atomic mass is 16.2. The Morgan fingerprint density at radius 1 is 1.57 bits per heavy atom. The maximum absolute atomic E-state index is 12.0. The van der Waals surface area contributed by atoms with Gasteiger partial charge in [-0.15, -0.1) is 0 Å². The van der Waals surface area contributed by atoms with Gasteiger partial charge in [0, 0.05) is 19.3 Å². The summed E-state index contributed by atoms with van der Waals surface area (Å²) in [6.45, 7) is 4.65. The van der Waals surface area contributed by atoms with Crippen molar-refractivity contribution in [2.75, 3.05) is 13.1 Å². The van der Waals surface area contributed by atoms with Crippen molar-refractivity contribution >= 4 is 5.91 Å². The molecule has 1 aromatic rings. The summed E-state index contributed by atoms with van der Waals surface area (Å²) in [5, 5.41) is 3.38. The molecule has 1 atom stereocenters. The van der Waals surface area contributed by atoms with Crippen LogP contribution in [-0.2, 0) is 6.54 Å². The summed E-state index contributed by atoms with van der Waals surface area (Å²) >= 11 is 0. The van der Waals surface area contributed by atoms with Crippen molar-refractivity contribution in [2.24, 2.45) is 0 Å². The molecule has 1 saturated heterocycles.